The fourth-order valence-electron chi connectivity index (χ4n) is 3.02. The van der Waals surface area contributed by atoms with Gasteiger partial charge in [0.25, 0.3) is 5.91 Å². The molecule has 0 aliphatic heterocycles. The maximum atomic E-state index is 13.8. The van der Waals surface area contributed by atoms with Gasteiger partial charge >= 0.3 is 0 Å². The summed E-state index contributed by atoms with van der Waals surface area (Å²) < 4.78 is 19.5. The van der Waals surface area contributed by atoms with Crippen LogP contribution in [0.2, 0.25) is 0 Å². The van der Waals surface area contributed by atoms with Gasteiger partial charge in [-0.3, -0.25) is 4.79 Å². The van der Waals surface area contributed by atoms with Gasteiger partial charge in [0, 0.05) is 19.2 Å². The summed E-state index contributed by atoms with van der Waals surface area (Å²) in [4.78, 5) is 22.6. The van der Waals surface area contributed by atoms with Crippen LogP contribution in [-0.2, 0) is 0 Å². The van der Waals surface area contributed by atoms with Gasteiger partial charge in [0.2, 0.25) is 0 Å². The number of thiophene rings is 1. The number of fused-ring (bicyclic) bond motifs is 1. The fourth-order valence-corrected chi connectivity index (χ4v) is 4.08. The van der Waals surface area contributed by atoms with E-state index in [2.05, 4.69) is 25.9 Å². The Bertz CT molecular complexity index is 1060. The molecule has 10 heteroatoms. The maximum Gasteiger partial charge on any atom is 0.261 e. The first-order valence-corrected chi connectivity index (χ1v) is 10.9. The van der Waals surface area contributed by atoms with Crippen LogP contribution in [0.15, 0.2) is 24.5 Å². The van der Waals surface area contributed by atoms with Gasteiger partial charge in [-0.05, 0) is 51.6 Å². The van der Waals surface area contributed by atoms with E-state index in [1.165, 1.54) is 29.8 Å². The van der Waals surface area contributed by atoms with Crippen LogP contribution in [0.1, 0.15) is 28.6 Å². The van der Waals surface area contributed by atoms with Crippen molar-refractivity contribution >= 4 is 39.0 Å². The first kappa shape index (κ1) is 22.9. The molecule has 0 saturated carbocycles. The van der Waals surface area contributed by atoms with Crippen molar-refractivity contribution in [3.63, 3.8) is 0 Å². The highest BCUT2D eigenvalue weighted by atomic mass is 32.1. The van der Waals surface area contributed by atoms with E-state index in [0.29, 0.717) is 40.1 Å². The van der Waals surface area contributed by atoms with Crippen molar-refractivity contribution in [1.29, 1.82) is 0 Å². The molecule has 8 nitrogen and oxygen atoms in total. The van der Waals surface area contributed by atoms with Crippen LogP contribution in [0.5, 0.6) is 5.75 Å². The van der Waals surface area contributed by atoms with Crippen molar-refractivity contribution < 1.29 is 13.9 Å². The molecule has 0 radical (unpaired) electrons. The average Bonchev–Trinajstić information content (AvgIpc) is 3.10. The van der Waals surface area contributed by atoms with Crippen molar-refractivity contribution in [2.45, 2.75) is 26.4 Å². The molecule has 0 spiro atoms. The lowest BCUT2D eigenvalue weighted by Crippen LogP contribution is -2.26. The Balaban J connectivity index is 1.91. The van der Waals surface area contributed by atoms with Crippen LogP contribution < -0.4 is 26.4 Å². The van der Waals surface area contributed by atoms with Crippen molar-refractivity contribution in [3.05, 3.63) is 40.8 Å². The Labute approximate surface area is 184 Å². The van der Waals surface area contributed by atoms with Crippen LogP contribution in [0.4, 0.5) is 15.9 Å². The Morgan fingerprint density at radius 3 is 2.87 bits per heavy atom. The standard InChI is InChI=1S/C21H27FN6O2S/c1-12(10-23)30-16-9-14(22)5-6-15(16)28-19-17-13(2)18(31-21(17)27-11-26-19)20(29)25-8-4-7-24-3/h5-6,9,11-12,24H,4,7-8,10,23H2,1-3H3,(H,25,29)(H,26,27,28). The summed E-state index contributed by atoms with van der Waals surface area (Å²) in [5, 5.41) is 9.94. The summed E-state index contributed by atoms with van der Waals surface area (Å²) in [6.07, 6.45) is 1.99. The number of nitrogens with two attached hydrogens (primary N) is 1. The topological polar surface area (TPSA) is 114 Å². The molecular weight excluding hydrogens is 419 g/mol. The number of hydrogen-bond donors (Lipinski definition) is 4. The fraction of sp³-hybridized carbons (Fsp3) is 0.381. The van der Waals surface area contributed by atoms with Crippen molar-refractivity contribution in [2.24, 2.45) is 5.73 Å². The molecule has 1 unspecified atom stereocenters. The monoisotopic (exact) mass is 446 g/mol. The molecular formula is C21H27FN6O2S. The second kappa shape index (κ2) is 10.5. The van der Waals surface area contributed by atoms with Crippen molar-refractivity contribution in [1.82, 2.24) is 20.6 Å². The van der Waals surface area contributed by atoms with E-state index in [0.717, 1.165) is 23.9 Å². The third-order valence-corrected chi connectivity index (χ3v) is 5.88. The Morgan fingerprint density at radius 1 is 1.32 bits per heavy atom. The predicted octanol–water partition coefficient (Wildman–Crippen LogP) is 2.95. The predicted molar refractivity (Wildman–Crippen MR) is 122 cm³/mol. The molecule has 31 heavy (non-hydrogen) atoms. The van der Waals surface area contributed by atoms with E-state index in [4.69, 9.17) is 10.5 Å². The number of halogens is 1. The van der Waals surface area contributed by atoms with Gasteiger partial charge in [-0.15, -0.1) is 11.3 Å². The summed E-state index contributed by atoms with van der Waals surface area (Å²) >= 11 is 1.31. The third-order valence-electron chi connectivity index (χ3n) is 4.68. The van der Waals surface area contributed by atoms with E-state index in [-0.39, 0.29) is 12.0 Å². The van der Waals surface area contributed by atoms with Crippen LogP contribution in [0.3, 0.4) is 0 Å². The SMILES string of the molecule is CNCCCNC(=O)c1sc2ncnc(Nc3ccc(F)cc3OC(C)CN)c2c1C. The zero-order chi connectivity index (χ0) is 22.4. The second-order valence-electron chi connectivity index (χ2n) is 7.10. The minimum absolute atomic E-state index is 0.134. The molecule has 0 fully saturated rings. The molecule has 2 aromatic heterocycles. The van der Waals surface area contributed by atoms with Gasteiger partial charge in [-0.1, -0.05) is 0 Å². The highest BCUT2D eigenvalue weighted by molar-refractivity contribution is 7.20. The van der Waals surface area contributed by atoms with E-state index in [9.17, 15) is 9.18 Å². The smallest absolute Gasteiger partial charge is 0.261 e. The minimum atomic E-state index is -0.415. The molecule has 166 valence electrons. The van der Waals surface area contributed by atoms with Crippen LogP contribution in [-0.4, -0.2) is 48.7 Å². The zero-order valence-corrected chi connectivity index (χ0v) is 18.6. The first-order valence-electron chi connectivity index (χ1n) is 10.0. The average molecular weight is 447 g/mol. The van der Waals surface area contributed by atoms with Crippen LogP contribution in [0, 0.1) is 12.7 Å². The summed E-state index contributed by atoms with van der Waals surface area (Å²) in [7, 11) is 1.87. The number of nitrogens with one attached hydrogen (secondary N) is 3. The molecule has 0 aliphatic rings. The van der Waals surface area contributed by atoms with Gasteiger partial charge in [0.05, 0.1) is 16.0 Å². The number of aryl methyl sites for hydroxylation is 1. The highest BCUT2D eigenvalue weighted by Crippen LogP contribution is 2.36. The van der Waals surface area contributed by atoms with Gasteiger partial charge in [-0.2, -0.15) is 0 Å². The van der Waals surface area contributed by atoms with E-state index in [1.54, 1.807) is 6.07 Å². The number of anilines is 2. The number of rotatable bonds is 10. The normalized spacial score (nSPS) is 12.0. The van der Waals surface area contributed by atoms with Gasteiger partial charge in [0.1, 0.15) is 34.6 Å². The summed E-state index contributed by atoms with van der Waals surface area (Å²) in [6, 6.07) is 4.22. The molecule has 1 atom stereocenters. The maximum absolute atomic E-state index is 13.8. The third kappa shape index (κ3) is 5.46. The largest absolute Gasteiger partial charge is 0.487 e. The molecule has 0 bridgehead atoms. The van der Waals surface area contributed by atoms with Crippen LogP contribution >= 0.6 is 11.3 Å². The Kier molecular flexibility index (Phi) is 7.72. The molecule has 1 aromatic carbocycles. The number of carbonyl (C=O) groups excluding carboxylic acids is 1. The summed E-state index contributed by atoms with van der Waals surface area (Å²) in [6.45, 7) is 5.39. The highest BCUT2D eigenvalue weighted by Gasteiger charge is 2.20. The molecule has 0 saturated heterocycles. The van der Waals surface area contributed by atoms with Gasteiger partial charge in [0.15, 0.2) is 0 Å². The number of nitrogens with zero attached hydrogens (tertiary/aromatic N) is 2. The van der Waals surface area contributed by atoms with E-state index >= 15 is 0 Å². The quantitative estimate of drug-likeness (QED) is 0.354. The molecule has 3 rings (SSSR count). The number of carbonyl (C=O) groups is 1. The van der Waals surface area contributed by atoms with Crippen molar-refractivity contribution in [3.8, 4) is 5.75 Å². The summed E-state index contributed by atoms with van der Waals surface area (Å²) in [5.41, 5.74) is 6.97. The molecule has 2 heterocycles. The lowest BCUT2D eigenvalue weighted by molar-refractivity contribution is 0.0957. The lowest BCUT2D eigenvalue weighted by Gasteiger charge is -2.17. The number of hydrogen-bond acceptors (Lipinski definition) is 8. The summed E-state index contributed by atoms with van der Waals surface area (Å²) in [5.74, 6) is 0.302. The number of ether oxygens (including phenoxy) is 1. The number of benzene rings is 1. The van der Waals surface area contributed by atoms with E-state index in [1.807, 2.05) is 20.9 Å². The Hall–Kier alpha value is -2.82. The van der Waals surface area contributed by atoms with Gasteiger partial charge in [-0.25, -0.2) is 14.4 Å². The van der Waals surface area contributed by atoms with E-state index < -0.39 is 5.82 Å². The number of aromatic nitrogens is 2. The molecule has 0 aliphatic carbocycles. The molecule has 1 amide bonds. The Morgan fingerprint density at radius 2 is 2.13 bits per heavy atom. The minimum Gasteiger partial charge on any atom is -0.487 e. The molecule has 3 aromatic rings. The van der Waals surface area contributed by atoms with Crippen LogP contribution in [0.25, 0.3) is 10.2 Å². The van der Waals surface area contributed by atoms with Crippen molar-refractivity contribution in [2.75, 3.05) is 32.0 Å². The molecule has 5 N–H and O–H groups in total. The zero-order valence-electron chi connectivity index (χ0n) is 17.8. The first-order chi connectivity index (χ1) is 14.9. The lowest BCUT2D eigenvalue weighted by atomic mass is 10.2. The van der Waals surface area contributed by atoms with Gasteiger partial charge < -0.3 is 26.4 Å². The number of amides is 1. The second-order valence-corrected chi connectivity index (χ2v) is 8.10.